The van der Waals surface area contributed by atoms with Crippen LogP contribution in [0.25, 0.3) is 0 Å². The lowest BCUT2D eigenvalue weighted by Crippen LogP contribution is -1.96. The molecule has 3 heteroatoms. The van der Waals surface area contributed by atoms with E-state index in [0.717, 1.165) is 11.3 Å². The molecular weight excluding hydrogens is 164 g/mol. The maximum Gasteiger partial charge on any atom is 0.119 e. The summed E-state index contributed by atoms with van der Waals surface area (Å²) < 4.78 is 5.28. The molecule has 1 aromatic rings. The van der Waals surface area contributed by atoms with Gasteiger partial charge in [-0.05, 0) is 30.7 Å². The molecule has 0 aliphatic heterocycles. The molecule has 0 bridgehead atoms. The standard InChI is InChI=1S/C10H12N2O/c1-2-13-9-3-4-10(12)8(7-9)5-6-11/h3-4,7H,2,5,12H2,1H3. The lowest BCUT2D eigenvalue weighted by Gasteiger charge is -2.06. The van der Waals surface area contributed by atoms with Gasteiger partial charge in [-0.15, -0.1) is 0 Å². The van der Waals surface area contributed by atoms with Crippen LogP contribution >= 0.6 is 0 Å². The molecule has 0 radical (unpaired) electrons. The van der Waals surface area contributed by atoms with Crippen molar-refractivity contribution in [2.75, 3.05) is 12.3 Å². The minimum absolute atomic E-state index is 0.326. The predicted octanol–water partition coefficient (Wildman–Crippen LogP) is 1.73. The molecule has 13 heavy (non-hydrogen) atoms. The number of benzene rings is 1. The predicted molar refractivity (Wildman–Crippen MR) is 51.3 cm³/mol. The van der Waals surface area contributed by atoms with Crippen LogP contribution in [-0.4, -0.2) is 6.61 Å². The first-order valence-electron chi connectivity index (χ1n) is 4.16. The Balaban J connectivity index is 2.91. The van der Waals surface area contributed by atoms with Gasteiger partial charge in [-0.2, -0.15) is 5.26 Å². The van der Waals surface area contributed by atoms with Crippen molar-refractivity contribution in [3.05, 3.63) is 23.8 Å². The number of nitrogens with zero attached hydrogens (tertiary/aromatic N) is 1. The molecule has 0 fully saturated rings. The Morgan fingerprint density at radius 2 is 2.31 bits per heavy atom. The van der Waals surface area contributed by atoms with Crippen molar-refractivity contribution >= 4 is 5.69 Å². The Labute approximate surface area is 77.7 Å². The first-order valence-corrected chi connectivity index (χ1v) is 4.16. The largest absolute Gasteiger partial charge is 0.494 e. The summed E-state index contributed by atoms with van der Waals surface area (Å²) in [5, 5.41) is 8.52. The van der Waals surface area contributed by atoms with Crippen molar-refractivity contribution in [1.82, 2.24) is 0 Å². The molecule has 0 unspecified atom stereocenters. The third-order valence-electron chi connectivity index (χ3n) is 1.69. The van der Waals surface area contributed by atoms with E-state index < -0.39 is 0 Å². The maximum absolute atomic E-state index is 8.52. The van der Waals surface area contributed by atoms with Gasteiger partial charge in [0.2, 0.25) is 0 Å². The van der Waals surface area contributed by atoms with Gasteiger partial charge in [0, 0.05) is 5.69 Å². The van der Waals surface area contributed by atoms with Crippen LogP contribution < -0.4 is 10.5 Å². The summed E-state index contributed by atoms with van der Waals surface area (Å²) in [6.07, 6.45) is 0.326. The highest BCUT2D eigenvalue weighted by Gasteiger charge is 2.00. The second-order valence-electron chi connectivity index (χ2n) is 2.63. The van der Waals surface area contributed by atoms with E-state index >= 15 is 0 Å². The zero-order valence-corrected chi connectivity index (χ0v) is 7.58. The van der Waals surface area contributed by atoms with Crippen molar-refractivity contribution in [1.29, 1.82) is 5.26 Å². The fourth-order valence-electron chi connectivity index (χ4n) is 1.08. The number of rotatable bonds is 3. The summed E-state index contributed by atoms with van der Waals surface area (Å²) in [6, 6.07) is 7.43. The average Bonchev–Trinajstić information content (AvgIpc) is 2.12. The van der Waals surface area contributed by atoms with Gasteiger partial charge in [0.05, 0.1) is 19.1 Å². The van der Waals surface area contributed by atoms with E-state index in [4.69, 9.17) is 15.7 Å². The molecule has 3 nitrogen and oxygen atoms in total. The van der Waals surface area contributed by atoms with Crippen molar-refractivity contribution in [3.63, 3.8) is 0 Å². The van der Waals surface area contributed by atoms with Gasteiger partial charge >= 0.3 is 0 Å². The van der Waals surface area contributed by atoms with E-state index in [9.17, 15) is 0 Å². The number of ether oxygens (including phenoxy) is 1. The van der Waals surface area contributed by atoms with Gasteiger partial charge < -0.3 is 10.5 Å². The van der Waals surface area contributed by atoms with E-state index in [2.05, 4.69) is 6.07 Å². The van der Waals surface area contributed by atoms with Gasteiger partial charge in [-0.25, -0.2) is 0 Å². The molecule has 0 aromatic heterocycles. The van der Waals surface area contributed by atoms with E-state index in [0.29, 0.717) is 18.7 Å². The number of hydrogen-bond acceptors (Lipinski definition) is 3. The second kappa shape index (κ2) is 4.36. The summed E-state index contributed by atoms with van der Waals surface area (Å²) >= 11 is 0. The smallest absolute Gasteiger partial charge is 0.119 e. The van der Waals surface area contributed by atoms with Crippen molar-refractivity contribution in [2.24, 2.45) is 0 Å². The summed E-state index contributed by atoms with van der Waals surface area (Å²) in [4.78, 5) is 0. The van der Waals surface area contributed by atoms with Gasteiger partial charge in [-0.1, -0.05) is 0 Å². The van der Waals surface area contributed by atoms with Crippen LogP contribution in [0.4, 0.5) is 5.69 Å². The Hall–Kier alpha value is -1.69. The minimum atomic E-state index is 0.326. The number of nitriles is 1. The highest BCUT2D eigenvalue weighted by Crippen LogP contribution is 2.19. The molecule has 0 aliphatic rings. The SMILES string of the molecule is CCOc1ccc(N)c(CC#N)c1. The molecule has 1 aromatic carbocycles. The van der Waals surface area contributed by atoms with Crippen LogP contribution in [0.2, 0.25) is 0 Å². The van der Waals surface area contributed by atoms with Crippen LogP contribution in [-0.2, 0) is 6.42 Å². The quantitative estimate of drug-likeness (QED) is 0.713. The summed E-state index contributed by atoms with van der Waals surface area (Å²) in [5.41, 5.74) is 7.14. The van der Waals surface area contributed by atoms with E-state index in [1.165, 1.54) is 0 Å². The molecule has 0 aliphatic carbocycles. The molecule has 0 spiro atoms. The maximum atomic E-state index is 8.52. The first-order chi connectivity index (χ1) is 6.27. The molecule has 0 amide bonds. The summed E-state index contributed by atoms with van der Waals surface area (Å²) in [6.45, 7) is 2.54. The van der Waals surface area contributed by atoms with Crippen LogP contribution in [0.3, 0.4) is 0 Å². The zero-order valence-electron chi connectivity index (χ0n) is 7.58. The molecule has 1 rings (SSSR count). The zero-order chi connectivity index (χ0) is 9.68. The monoisotopic (exact) mass is 176 g/mol. The van der Waals surface area contributed by atoms with Gasteiger partial charge in [0.25, 0.3) is 0 Å². The van der Waals surface area contributed by atoms with Crippen molar-refractivity contribution < 1.29 is 4.74 Å². The van der Waals surface area contributed by atoms with Crippen LogP contribution in [0.1, 0.15) is 12.5 Å². The molecular formula is C10H12N2O. The second-order valence-corrected chi connectivity index (χ2v) is 2.63. The Morgan fingerprint density at radius 3 is 2.92 bits per heavy atom. The van der Waals surface area contributed by atoms with Gasteiger partial charge in [-0.3, -0.25) is 0 Å². The van der Waals surface area contributed by atoms with E-state index in [-0.39, 0.29) is 0 Å². The fourth-order valence-corrected chi connectivity index (χ4v) is 1.08. The number of nitrogen functional groups attached to an aromatic ring is 1. The molecule has 0 saturated carbocycles. The lowest BCUT2D eigenvalue weighted by molar-refractivity contribution is 0.340. The highest BCUT2D eigenvalue weighted by molar-refractivity contribution is 5.51. The fraction of sp³-hybridized carbons (Fsp3) is 0.300. The highest BCUT2D eigenvalue weighted by atomic mass is 16.5. The Morgan fingerprint density at radius 1 is 1.54 bits per heavy atom. The molecule has 68 valence electrons. The van der Waals surface area contributed by atoms with Crippen LogP contribution in [0.5, 0.6) is 5.75 Å². The average molecular weight is 176 g/mol. The van der Waals surface area contributed by atoms with E-state index in [1.807, 2.05) is 13.0 Å². The lowest BCUT2D eigenvalue weighted by atomic mass is 10.1. The summed E-state index contributed by atoms with van der Waals surface area (Å²) in [5.74, 6) is 0.766. The molecule has 0 atom stereocenters. The van der Waals surface area contributed by atoms with E-state index in [1.54, 1.807) is 12.1 Å². The molecule has 0 saturated heterocycles. The topological polar surface area (TPSA) is 59.0 Å². The van der Waals surface area contributed by atoms with Crippen molar-refractivity contribution in [3.8, 4) is 11.8 Å². The third-order valence-corrected chi connectivity index (χ3v) is 1.69. The third kappa shape index (κ3) is 2.38. The first kappa shape index (κ1) is 9.40. The molecule has 0 heterocycles. The van der Waals surface area contributed by atoms with Gasteiger partial charge in [0.15, 0.2) is 0 Å². The van der Waals surface area contributed by atoms with Crippen LogP contribution in [0.15, 0.2) is 18.2 Å². The van der Waals surface area contributed by atoms with Crippen LogP contribution in [0, 0.1) is 11.3 Å². The van der Waals surface area contributed by atoms with Gasteiger partial charge in [0.1, 0.15) is 5.75 Å². The Bertz CT molecular complexity index is 328. The molecule has 2 N–H and O–H groups in total. The Kier molecular flexibility index (Phi) is 3.15. The number of anilines is 1. The summed E-state index contributed by atoms with van der Waals surface area (Å²) in [7, 11) is 0. The minimum Gasteiger partial charge on any atom is -0.494 e. The normalized spacial score (nSPS) is 9.23. The number of hydrogen-bond donors (Lipinski definition) is 1. The van der Waals surface area contributed by atoms with Crippen molar-refractivity contribution in [2.45, 2.75) is 13.3 Å². The number of nitrogens with two attached hydrogens (primary N) is 1.